The number of carbonyl (C=O) groups excluding carboxylic acids is 1. The molecule has 1 aromatic heterocycles. The lowest BCUT2D eigenvalue weighted by Crippen LogP contribution is -2.33. The Labute approximate surface area is 163 Å². The van der Waals surface area contributed by atoms with E-state index in [1.54, 1.807) is 22.7 Å². The summed E-state index contributed by atoms with van der Waals surface area (Å²) in [5.41, 5.74) is 3.79. The monoisotopic (exact) mass is 383 g/mol. The quantitative estimate of drug-likeness (QED) is 0.670. The van der Waals surface area contributed by atoms with E-state index in [1.165, 1.54) is 0 Å². The molecule has 0 aliphatic rings. The first kappa shape index (κ1) is 19.0. The standard InChI is InChI=1S/C20H22ClN5O/c1-5-17(27)25(4)19(15-11-6-7-12-16(15)21)20-22-23-24-26(20)18-13(2)9-8-10-14(18)3/h6-12,19H,5H2,1-4H3/t19-/m0/s1. The lowest BCUT2D eigenvalue weighted by molar-refractivity contribution is -0.131. The van der Waals surface area contributed by atoms with Gasteiger partial charge < -0.3 is 4.90 Å². The number of carbonyl (C=O) groups is 1. The Morgan fingerprint density at radius 2 is 1.81 bits per heavy atom. The molecule has 7 heteroatoms. The molecule has 0 radical (unpaired) electrons. The van der Waals surface area contributed by atoms with Gasteiger partial charge in [-0.15, -0.1) is 5.10 Å². The third-order valence-electron chi connectivity index (χ3n) is 4.67. The zero-order valence-electron chi connectivity index (χ0n) is 15.8. The van der Waals surface area contributed by atoms with Crippen molar-refractivity contribution >= 4 is 17.5 Å². The maximum atomic E-state index is 12.5. The molecular weight excluding hydrogens is 362 g/mol. The van der Waals surface area contributed by atoms with Gasteiger partial charge in [0.05, 0.1) is 5.69 Å². The van der Waals surface area contributed by atoms with E-state index in [0.29, 0.717) is 17.3 Å². The third kappa shape index (κ3) is 3.57. The summed E-state index contributed by atoms with van der Waals surface area (Å²) in [7, 11) is 1.75. The third-order valence-corrected chi connectivity index (χ3v) is 5.02. The molecule has 0 saturated heterocycles. The van der Waals surface area contributed by atoms with Gasteiger partial charge in [-0.05, 0) is 41.5 Å². The van der Waals surface area contributed by atoms with E-state index in [-0.39, 0.29) is 5.91 Å². The highest BCUT2D eigenvalue weighted by molar-refractivity contribution is 6.31. The van der Waals surface area contributed by atoms with Crippen molar-refractivity contribution < 1.29 is 4.79 Å². The van der Waals surface area contributed by atoms with Crippen LogP contribution >= 0.6 is 11.6 Å². The van der Waals surface area contributed by atoms with Crippen LogP contribution in [0, 0.1) is 13.8 Å². The molecule has 0 unspecified atom stereocenters. The van der Waals surface area contributed by atoms with Gasteiger partial charge in [0.15, 0.2) is 5.82 Å². The van der Waals surface area contributed by atoms with Gasteiger partial charge >= 0.3 is 0 Å². The molecular formula is C20H22ClN5O. The highest BCUT2D eigenvalue weighted by Gasteiger charge is 2.30. The number of para-hydroxylation sites is 1. The van der Waals surface area contributed by atoms with Crippen molar-refractivity contribution in [2.24, 2.45) is 0 Å². The van der Waals surface area contributed by atoms with Gasteiger partial charge in [-0.3, -0.25) is 4.79 Å². The smallest absolute Gasteiger partial charge is 0.222 e. The Morgan fingerprint density at radius 3 is 2.44 bits per heavy atom. The number of aromatic nitrogens is 4. The number of benzene rings is 2. The minimum Gasteiger partial charge on any atom is -0.331 e. The average molecular weight is 384 g/mol. The summed E-state index contributed by atoms with van der Waals surface area (Å²) in [5, 5.41) is 13.0. The molecule has 0 bridgehead atoms. The molecule has 0 aliphatic heterocycles. The predicted octanol–water partition coefficient (Wildman–Crippen LogP) is 3.89. The first-order valence-electron chi connectivity index (χ1n) is 8.80. The van der Waals surface area contributed by atoms with Crippen LogP contribution in [0.1, 0.15) is 41.9 Å². The molecule has 0 saturated carbocycles. The Morgan fingerprint density at radius 1 is 1.15 bits per heavy atom. The highest BCUT2D eigenvalue weighted by atomic mass is 35.5. The minimum atomic E-state index is -0.500. The molecule has 1 heterocycles. The lowest BCUT2D eigenvalue weighted by atomic mass is 10.0. The molecule has 140 valence electrons. The van der Waals surface area contributed by atoms with E-state index in [2.05, 4.69) is 15.5 Å². The summed E-state index contributed by atoms with van der Waals surface area (Å²) >= 11 is 6.47. The predicted molar refractivity (Wildman–Crippen MR) is 105 cm³/mol. The van der Waals surface area contributed by atoms with Crippen LogP contribution in [-0.4, -0.2) is 38.1 Å². The van der Waals surface area contributed by atoms with Crippen molar-refractivity contribution in [2.75, 3.05) is 7.05 Å². The van der Waals surface area contributed by atoms with Crippen LogP contribution in [0.5, 0.6) is 0 Å². The summed E-state index contributed by atoms with van der Waals surface area (Å²) in [6, 6.07) is 13.0. The molecule has 3 rings (SSSR count). The highest BCUT2D eigenvalue weighted by Crippen LogP contribution is 2.33. The van der Waals surface area contributed by atoms with Gasteiger partial charge in [-0.25, -0.2) is 0 Å². The van der Waals surface area contributed by atoms with Gasteiger partial charge in [0, 0.05) is 24.1 Å². The zero-order valence-corrected chi connectivity index (χ0v) is 16.6. The minimum absolute atomic E-state index is 0.0176. The molecule has 2 aromatic carbocycles. The van der Waals surface area contributed by atoms with Crippen LogP contribution < -0.4 is 0 Å². The first-order chi connectivity index (χ1) is 13.0. The fraction of sp³-hybridized carbons (Fsp3) is 0.300. The largest absolute Gasteiger partial charge is 0.331 e. The van der Waals surface area contributed by atoms with E-state index in [1.807, 2.05) is 57.2 Å². The maximum Gasteiger partial charge on any atom is 0.222 e. The summed E-state index contributed by atoms with van der Waals surface area (Å²) < 4.78 is 1.71. The Balaban J connectivity index is 2.23. The Kier molecular flexibility index (Phi) is 5.56. The van der Waals surface area contributed by atoms with Crippen LogP contribution in [0.25, 0.3) is 5.69 Å². The number of rotatable bonds is 5. The summed E-state index contributed by atoms with van der Waals surface area (Å²) in [6.07, 6.45) is 0.377. The lowest BCUT2D eigenvalue weighted by Gasteiger charge is -2.28. The fourth-order valence-corrected chi connectivity index (χ4v) is 3.51. The number of tetrazole rings is 1. The van der Waals surface area contributed by atoms with Crippen LogP contribution in [0.15, 0.2) is 42.5 Å². The van der Waals surface area contributed by atoms with Crippen LogP contribution in [0.4, 0.5) is 0 Å². The number of halogens is 1. The molecule has 3 aromatic rings. The molecule has 0 spiro atoms. The second-order valence-electron chi connectivity index (χ2n) is 6.47. The summed E-state index contributed by atoms with van der Waals surface area (Å²) in [5.74, 6) is 0.528. The Bertz CT molecular complexity index is 948. The summed E-state index contributed by atoms with van der Waals surface area (Å²) in [4.78, 5) is 14.2. The first-order valence-corrected chi connectivity index (χ1v) is 9.18. The van der Waals surface area contributed by atoms with Gasteiger partial charge in [0.1, 0.15) is 6.04 Å². The maximum absolute atomic E-state index is 12.5. The van der Waals surface area contributed by atoms with E-state index >= 15 is 0 Å². The van der Waals surface area contributed by atoms with E-state index in [4.69, 9.17) is 11.6 Å². The molecule has 6 nitrogen and oxygen atoms in total. The normalized spacial score (nSPS) is 12.0. The van der Waals surface area contributed by atoms with Gasteiger partial charge in [-0.1, -0.05) is 54.9 Å². The molecule has 0 aliphatic carbocycles. The SMILES string of the molecule is CCC(=O)N(C)[C@@H](c1ccccc1Cl)c1nnnn1-c1c(C)cccc1C. The topological polar surface area (TPSA) is 63.9 Å². The fourth-order valence-electron chi connectivity index (χ4n) is 3.27. The van der Waals surface area contributed by atoms with E-state index in [0.717, 1.165) is 22.4 Å². The molecule has 0 N–H and O–H groups in total. The van der Waals surface area contributed by atoms with Crippen molar-refractivity contribution in [2.45, 2.75) is 33.2 Å². The molecule has 27 heavy (non-hydrogen) atoms. The van der Waals surface area contributed by atoms with Crippen LogP contribution in [0.2, 0.25) is 5.02 Å². The van der Waals surface area contributed by atoms with Crippen LogP contribution in [0.3, 0.4) is 0 Å². The van der Waals surface area contributed by atoms with E-state index < -0.39 is 6.04 Å². The molecule has 1 amide bonds. The number of hydrogen-bond donors (Lipinski definition) is 0. The van der Waals surface area contributed by atoms with Crippen molar-refractivity contribution in [3.8, 4) is 5.69 Å². The molecule has 1 atom stereocenters. The number of hydrogen-bond acceptors (Lipinski definition) is 4. The van der Waals surface area contributed by atoms with Crippen molar-refractivity contribution in [3.63, 3.8) is 0 Å². The number of aryl methyl sites for hydroxylation is 2. The average Bonchev–Trinajstić information content (AvgIpc) is 3.11. The van der Waals surface area contributed by atoms with Gasteiger partial charge in [-0.2, -0.15) is 4.68 Å². The summed E-state index contributed by atoms with van der Waals surface area (Å²) in [6.45, 7) is 5.86. The second kappa shape index (κ2) is 7.88. The Hall–Kier alpha value is -2.73. The number of amides is 1. The number of nitrogens with zero attached hydrogens (tertiary/aromatic N) is 5. The van der Waals surface area contributed by atoms with E-state index in [9.17, 15) is 4.79 Å². The van der Waals surface area contributed by atoms with Crippen LogP contribution in [-0.2, 0) is 4.79 Å². The van der Waals surface area contributed by atoms with Crippen molar-refractivity contribution in [3.05, 3.63) is 70.0 Å². The van der Waals surface area contributed by atoms with Crippen molar-refractivity contribution in [1.29, 1.82) is 0 Å². The zero-order chi connectivity index (χ0) is 19.6. The molecule has 0 fully saturated rings. The van der Waals surface area contributed by atoms with Crippen molar-refractivity contribution in [1.82, 2.24) is 25.1 Å². The van der Waals surface area contributed by atoms with Gasteiger partial charge in [0.2, 0.25) is 5.91 Å². The second-order valence-corrected chi connectivity index (χ2v) is 6.88. The van der Waals surface area contributed by atoms with Gasteiger partial charge in [0.25, 0.3) is 0 Å².